The monoisotopic (exact) mass is 364 g/mol. The van der Waals surface area contributed by atoms with E-state index in [4.69, 9.17) is 4.98 Å². The van der Waals surface area contributed by atoms with E-state index in [-0.39, 0.29) is 5.91 Å². The molecule has 0 bridgehead atoms. The number of nitrogens with zero attached hydrogens (tertiary/aromatic N) is 2. The minimum Gasteiger partial charge on any atom is -0.274 e. The normalized spacial score (nSPS) is 10.7. The van der Waals surface area contributed by atoms with Crippen LogP contribution in [0, 0.1) is 13.8 Å². The first kappa shape index (κ1) is 18.3. The van der Waals surface area contributed by atoms with Crippen LogP contribution >= 0.6 is 11.3 Å². The van der Waals surface area contributed by atoms with Crippen LogP contribution in [0.4, 0.5) is 10.8 Å². The van der Waals surface area contributed by atoms with Gasteiger partial charge in [-0.05, 0) is 32.4 Å². The predicted molar refractivity (Wildman–Crippen MR) is 110 cm³/mol. The van der Waals surface area contributed by atoms with Crippen LogP contribution in [0.5, 0.6) is 0 Å². The van der Waals surface area contributed by atoms with Gasteiger partial charge in [0.2, 0.25) is 5.91 Å². The number of carbonyl (C=O) groups excluding carboxylic acids is 1. The van der Waals surface area contributed by atoms with Crippen molar-refractivity contribution in [2.45, 2.75) is 40.0 Å². The van der Waals surface area contributed by atoms with Gasteiger partial charge in [-0.15, -0.1) is 11.3 Å². The third-order valence-electron chi connectivity index (χ3n) is 4.31. The number of para-hydroxylation sites is 1. The molecule has 1 amide bonds. The minimum absolute atomic E-state index is 0.0993. The molecular formula is C22H24N2OS. The molecule has 0 atom stereocenters. The van der Waals surface area contributed by atoms with Crippen molar-refractivity contribution in [3.8, 4) is 11.3 Å². The number of benzene rings is 2. The van der Waals surface area contributed by atoms with E-state index in [9.17, 15) is 4.79 Å². The number of aryl methyl sites for hydroxylation is 2. The summed E-state index contributed by atoms with van der Waals surface area (Å²) < 4.78 is 0. The first-order valence-corrected chi connectivity index (χ1v) is 9.84. The van der Waals surface area contributed by atoms with Crippen LogP contribution < -0.4 is 4.90 Å². The Kier molecular flexibility index (Phi) is 5.84. The van der Waals surface area contributed by atoms with Gasteiger partial charge in [0.1, 0.15) is 0 Å². The van der Waals surface area contributed by atoms with Crippen LogP contribution in [0.3, 0.4) is 0 Å². The fourth-order valence-electron chi connectivity index (χ4n) is 2.84. The summed E-state index contributed by atoms with van der Waals surface area (Å²) in [5.41, 5.74) is 4.14. The third kappa shape index (κ3) is 4.02. The average Bonchev–Trinajstić information content (AvgIpc) is 3.03. The lowest BCUT2D eigenvalue weighted by molar-refractivity contribution is -0.118. The quantitative estimate of drug-likeness (QED) is 0.515. The first-order chi connectivity index (χ1) is 12.6. The molecule has 0 unspecified atom stereocenters. The van der Waals surface area contributed by atoms with Crippen LogP contribution in [0.2, 0.25) is 0 Å². The molecule has 1 aromatic heterocycles. The fourth-order valence-corrected chi connectivity index (χ4v) is 3.80. The molecule has 0 spiro atoms. The zero-order valence-corrected chi connectivity index (χ0v) is 16.3. The molecular weight excluding hydrogens is 340 g/mol. The third-order valence-corrected chi connectivity index (χ3v) is 5.27. The summed E-state index contributed by atoms with van der Waals surface area (Å²) in [5, 5.41) is 0.741. The number of hydrogen-bond donors (Lipinski definition) is 0. The molecule has 3 aromatic rings. The Morgan fingerprint density at radius 1 is 1.04 bits per heavy atom. The van der Waals surface area contributed by atoms with Gasteiger partial charge >= 0.3 is 0 Å². The maximum Gasteiger partial charge on any atom is 0.233 e. The molecule has 0 saturated heterocycles. The van der Waals surface area contributed by atoms with Crippen LogP contribution in [0.1, 0.15) is 36.6 Å². The SMILES string of the molecule is CCCCC(=O)N(c1ccccc1)c1nc(-c2ccc(C)cc2)c(C)s1. The molecule has 3 nitrogen and oxygen atoms in total. The Morgan fingerprint density at radius 2 is 1.73 bits per heavy atom. The highest BCUT2D eigenvalue weighted by atomic mass is 32.1. The fraction of sp³-hybridized carbons (Fsp3) is 0.273. The van der Waals surface area contributed by atoms with Crippen molar-refractivity contribution in [2.75, 3.05) is 4.90 Å². The summed E-state index contributed by atoms with van der Waals surface area (Å²) in [6.07, 6.45) is 2.42. The second-order valence-electron chi connectivity index (χ2n) is 6.44. The lowest BCUT2D eigenvalue weighted by Crippen LogP contribution is -2.25. The number of aromatic nitrogens is 1. The van der Waals surface area contributed by atoms with Gasteiger partial charge < -0.3 is 0 Å². The number of amides is 1. The highest BCUT2D eigenvalue weighted by Gasteiger charge is 2.22. The molecule has 2 aromatic carbocycles. The molecule has 0 radical (unpaired) electrons. The van der Waals surface area contributed by atoms with Gasteiger partial charge in [-0.25, -0.2) is 4.98 Å². The van der Waals surface area contributed by atoms with Crippen molar-refractivity contribution in [1.82, 2.24) is 4.98 Å². The van der Waals surface area contributed by atoms with E-state index >= 15 is 0 Å². The van der Waals surface area contributed by atoms with E-state index in [1.54, 1.807) is 16.2 Å². The molecule has 0 saturated carbocycles. The molecule has 4 heteroatoms. The van der Waals surface area contributed by atoms with Gasteiger partial charge in [-0.2, -0.15) is 0 Å². The maximum absolute atomic E-state index is 12.9. The molecule has 26 heavy (non-hydrogen) atoms. The number of hydrogen-bond acceptors (Lipinski definition) is 3. The smallest absolute Gasteiger partial charge is 0.233 e. The van der Waals surface area contributed by atoms with Crippen LogP contribution in [0.15, 0.2) is 54.6 Å². The van der Waals surface area contributed by atoms with Crippen LogP contribution in [-0.2, 0) is 4.79 Å². The number of anilines is 2. The Bertz CT molecular complexity index is 869. The summed E-state index contributed by atoms with van der Waals surface area (Å²) in [6, 6.07) is 18.2. The van der Waals surface area contributed by atoms with Crippen molar-refractivity contribution >= 4 is 28.1 Å². The summed E-state index contributed by atoms with van der Waals surface area (Å²) in [7, 11) is 0. The molecule has 134 valence electrons. The summed E-state index contributed by atoms with van der Waals surface area (Å²) in [5.74, 6) is 0.0993. The van der Waals surface area contributed by atoms with Gasteiger partial charge in [0.25, 0.3) is 0 Å². The van der Waals surface area contributed by atoms with E-state index in [1.165, 1.54) is 5.56 Å². The van der Waals surface area contributed by atoms with Crippen molar-refractivity contribution in [1.29, 1.82) is 0 Å². The van der Waals surface area contributed by atoms with Gasteiger partial charge in [0.05, 0.1) is 11.4 Å². The maximum atomic E-state index is 12.9. The number of rotatable bonds is 6. The van der Waals surface area contributed by atoms with Gasteiger partial charge in [-0.3, -0.25) is 9.69 Å². The Hall–Kier alpha value is -2.46. The summed E-state index contributed by atoms with van der Waals surface area (Å²) >= 11 is 1.57. The standard InChI is InChI=1S/C22H24N2OS/c1-4-5-11-20(25)24(19-9-7-6-8-10-19)22-23-21(17(3)26-22)18-14-12-16(2)13-15-18/h6-10,12-15H,4-5,11H2,1-3H3. The minimum atomic E-state index is 0.0993. The zero-order valence-electron chi connectivity index (χ0n) is 15.5. The largest absolute Gasteiger partial charge is 0.274 e. The van der Waals surface area contributed by atoms with Crippen molar-refractivity contribution in [3.05, 3.63) is 65.0 Å². The number of carbonyl (C=O) groups is 1. The van der Waals surface area contributed by atoms with E-state index in [1.807, 2.05) is 30.3 Å². The zero-order chi connectivity index (χ0) is 18.5. The number of unbranched alkanes of at least 4 members (excludes halogenated alkanes) is 1. The Morgan fingerprint density at radius 3 is 2.38 bits per heavy atom. The van der Waals surface area contributed by atoms with Crippen molar-refractivity contribution in [2.24, 2.45) is 0 Å². The molecule has 0 aliphatic carbocycles. The molecule has 0 aliphatic heterocycles. The second-order valence-corrected chi connectivity index (χ2v) is 7.62. The van der Waals surface area contributed by atoms with Gasteiger partial charge in [-0.1, -0.05) is 61.4 Å². The van der Waals surface area contributed by atoms with E-state index in [0.29, 0.717) is 6.42 Å². The average molecular weight is 365 g/mol. The Balaban J connectivity index is 2.00. The highest BCUT2D eigenvalue weighted by molar-refractivity contribution is 7.16. The van der Waals surface area contributed by atoms with Crippen molar-refractivity contribution < 1.29 is 4.79 Å². The lowest BCUT2D eigenvalue weighted by Gasteiger charge is -2.20. The topological polar surface area (TPSA) is 33.2 Å². The molecule has 3 rings (SSSR count). The van der Waals surface area contributed by atoms with Gasteiger partial charge in [0.15, 0.2) is 5.13 Å². The van der Waals surface area contributed by atoms with Crippen LogP contribution in [-0.4, -0.2) is 10.9 Å². The summed E-state index contributed by atoms with van der Waals surface area (Å²) in [4.78, 5) is 20.6. The predicted octanol–water partition coefficient (Wildman–Crippen LogP) is 6.28. The van der Waals surface area contributed by atoms with E-state index < -0.39 is 0 Å². The van der Waals surface area contributed by atoms with Crippen molar-refractivity contribution in [3.63, 3.8) is 0 Å². The molecule has 0 aliphatic rings. The van der Waals surface area contributed by atoms with Gasteiger partial charge in [0, 0.05) is 16.9 Å². The second kappa shape index (κ2) is 8.28. The number of thiazole rings is 1. The van der Waals surface area contributed by atoms with E-state index in [0.717, 1.165) is 39.8 Å². The lowest BCUT2D eigenvalue weighted by atomic mass is 10.1. The highest BCUT2D eigenvalue weighted by Crippen LogP contribution is 2.36. The summed E-state index contributed by atoms with van der Waals surface area (Å²) in [6.45, 7) is 6.24. The first-order valence-electron chi connectivity index (χ1n) is 9.02. The van der Waals surface area contributed by atoms with Crippen LogP contribution in [0.25, 0.3) is 11.3 Å². The molecule has 1 heterocycles. The molecule has 0 N–H and O–H groups in total. The Labute approximate surface area is 159 Å². The van der Waals surface area contributed by atoms with E-state index in [2.05, 4.69) is 45.0 Å². The molecule has 0 fully saturated rings.